The number of hydrogen-bond acceptors (Lipinski definition) is 14. The van der Waals surface area contributed by atoms with E-state index in [0.29, 0.717) is 69.7 Å². The van der Waals surface area contributed by atoms with Gasteiger partial charge in [-0.1, -0.05) is 18.2 Å². The number of aliphatic hydroxyl groups is 1. The first-order valence-corrected chi connectivity index (χ1v) is 18.5. The van der Waals surface area contributed by atoms with Gasteiger partial charge in [0.25, 0.3) is 0 Å². The van der Waals surface area contributed by atoms with Crippen molar-refractivity contribution in [3.05, 3.63) is 94.8 Å². The Labute approximate surface area is 325 Å². The SMILES string of the molecule is Cc1cc(F)cc2nc(Nc3nc4cc(CN(C)C(C)Cc5ccc6nc(Nc7nc8cc(CC(=O)N(C)CCOCCO)ccc8o7)oc6c5)ccc4o3)oc12. The number of benzene rings is 4. The summed E-state index contributed by atoms with van der Waals surface area (Å²) in [4.78, 5) is 34.5. The number of nitrogens with one attached hydrogen (secondary N) is 2. The van der Waals surface area contributed by atoms with Crippen molar-refractivity contribution in [2.24, 2.45) is 0 Å². The van der Waals surface area contributed by atoms with E-state index in [9.17, 15) is 9.18 Å². The number of aryl methyl sites for hydroxylation is 1. The molecule has 15 nitrogen and oxygen atoms in total. The van der Waals surface area contributed by atoms with Crippen LogP contribution in [0.3, 0.4) is 0 Å². The molecule has 0 spiro atoms. The zero-order chi connectivity index (χ0) is 39.6. The number of oxazole rings is 4. The topological polar surface area (TPSA) is 181 Å². The molecule has 3 N–H and O–H groups in total. The molecule has 4 heterocycles. The highest BCUT2D eigenvalue weighted by Crippen LogP contribution is 2.29. The van der Waals surface area contributed by atoms with Gasteiger partial charge >= 0.3 is 24.1 Å². The van der Waals surface area contributed by atoms with Gasteiger partial charge in [0, 0.05) is 32.2 Å². The van der Waals surface area contributed by atoms with Crippen LogP contribution < -0.4 is 10.6 Å². The molecule has 0 aliphatic carbocycles. The molecule has 8 rings (SSSR count). The maximum atomic E-state index is 13.8. The Morgan fingerprint density at radius 1 is 0.754 bits per heavy atom. The minimum atomic E-state index is -0.377. The summed E-state index contributed by atoms with van der Waals surface area (Å²) in [6.07, 6.45) is 0.977. The summed E-state index contributed by atoms with van der Waals surface area (Å²) in [5.41, 5.74) is 8.31. The van der Waals surface area contributed by atoms with Crippen LogP contribution in [0, 0.1) is 12.7 Å². The van der Waals surface area contributed by atoms with Crippen LogP contribution in [-0.4, -0.2) is 87.3 Å². The summed E-state index contributed by atoms with van der Waals surface area (Å²) in [7, 11) is 3.80. The number of fused-ring (bicyclic) bond motifs is 4. The molecule has 4 aromatic carbocycles. The van der Waals surface area contributed by atoms with E-state index in [4.69, 9.17) is 27.5 Å². The number of aliphatic hydroxyl groups excluding tert-OH is 1. The Morgan fingerprint density at radius 2 is 1.37 bits per heavy atom. The molecular formula is C41H41FN8O7. The normalized spacial score (nSPS) is 12.4. The molecule has 57 heavy (non-hydrogen) atoms. The van der Waals surface area contributed by atoms with Crippen molar-refractivity contribution in [1.82, 2.24) is 29.7 Å². The van der Waals surface area contributed by atoms with Crippen LogP contribution in [0.1, 0.15) is 29.2 Å². The first kappa shape index (κ1) is 37.6. The number of likely N-dealkylation sites (N-methyl/N-ethyl adjacent to an activating group) is 2. The van der Waals surface area contributed by atoms with E-state index in [-0.39, 0.29) is 61.5 Å². The molecular weight excluding hydrogens is 735 g/mol. The van der Waals surface area contributed by atoms with E-state index in [1.807, 2.05) is 48.5 Å². The number of anilines is 4. The zero-order valence-corrected chi connectivity index (χ0v) is 31.8. The Hall–Kier alpha value is -6.36. The minimum absolute atomic E-state index is 0.0510. The van der Waals surface area contributed by atoms with E-state index in [2.05, 4.69) is 49.4 Å². The van der Waals surface area contributed by atoms with Crippen LogP contribution in [0.2, 0.25) is 0 Å². The standard InChI is InChI=1S/C41H41FN8O7/c1-23-15-28(42)21-32-37(23)57-41(46-32)48-40-45-31-18-27(7-10-34(31)55-40)22-50(4)24(2)16-25-5-8-29-35(19-25)56-38(43-29)47-39-44-30-17-26(6-9-33(30)54-39)20-36(52)49(3)11-13-53-14-12-51/h5-10,15,17-19,21,24,51H,11-14,16,20,22H2,1-4H3,(H,43,44,47)(H,45,46,48). The lowest BCUT2D eigenvalue weighted by molar-refractivity contribution is -0.129. The molecule has 4 aromatic heterocycles. The lowest BCUT2D eigenvalue weighted by Crippen LogP contribution is -2.31. The summed E-state index contributed by atoms with van der Waals surface area (Å²) in [5.74, 6) is -0.433. The summed E-state index contributed by atoms with van der Waals surface area (Å²) in [6, 6.07) is 21.1. The van der Waals surface area contributed by atoms with Crippen molar-refractivity contribution in [1.29, 1.82) is 0 Å². The van der Waals surface area contributed by atoms with Crippen LogP contribution in [-0.2, 0) is 28.9 Å². The number of aromatic nitrogens is 4. The van der Waals surface area contributed by atoms with E-state index in [0.717, 1.165) is 23.1 Å². The number of nitrogens with zero attached hydrogens (tertiary/aromatic N) is 6. The largest absolute Gasteiger partial charge is 0.423 e. The molecule has 1 amide bonds. The number of ether oxygens (including phenoxy) is 1. The van der Waals surface area contributed by atoms with E-state index in [1.54, 1.807) is 24.9 Å². The van der Waals surface area contributed by atoms with Crippen molar-refractivity contribution < 1.29 is 36.7 Å². The fourth-order valence-corrected chi connectivity index (χ4v) is 6.55. The quantitative estimate of drug-likeness (QED) is 0.0834. The monoisotopic (exact) mass is 776 g/mol. The van der Waals surface area contributed by atoms with Crippen LogP contribution in [0.4, 0.5) is 28.4 Å². The van der Waals surface area contributed by atoms with Gasteiger partial charge in [0.05, 0.1) is 26.2 Å². The van der Waals surface area contributed by atoms with Crippen LogP contribution in [0.15, 0.2) is 84.4 Å². The van der Waals surface area contributed by atoms with E-state index >= 15 is 0 Å². The molecule has 0 aliphatic heterocycles. The maximum Gasteiger partial charge on any atom is 0.303 e. The molecule has 8 aromatic rings. The fraction of sp³-hybridized carbons (Fsp3) is 0.293. The smallest absolute Gasteiger partial charge is 0.303 e. The van der Waals surface area contributed by atoms with Gasteiger partial charge in [0.15, 0.2) is 22.3 Å². The summed E-state index contributed by atoms with van der Waals surface area (Å²) >= 11 is 0. The molecule has 0 bridgehead atoms. The minimum Gasteiger partial charge on any atom is -0.423 e. The number of carbonyl (C=O) groups is 1. The molecule has 0 saturated carbocycles. The van der Waals surface area contributed by atoms with E-state index in [1.165, 1.54) is 12.1 Å². The summed E-state index contributed by atoms with van der Waals surface area (Å²) in [6.45, 7) is 5.60. The van der Waals surface area contributed by atoms with Gasteiger partial charge in [0.1, 0.15) is 27.9 Å². The first-order chi connectivity index (χ1) is 27.6. The number of amides is 1. The highest BCUT2D eigenvalue weighted by atomic mass is 19.1. The molecule has 1 unspecified atom stereocenters. The van der Waals surface area contributed by atoms with Gasteiger partial charge in [0.2, 0.25) is 5.91 Å². The third kappa shape index (κ3) is 8.57. The van der Waals surface area contributed by atoms with Crippen LogP contribution >= 0.6 is 0 Å². The molecule has 0 radical (unpaired) electrons. The van der Waals surface area contributed by atoms with Gasteiger partial charge in [-0.3, -0.25) is 20.3 Å². The first-order valence-electron chi connectivity index (χ1n) is 18.5. The van der Waals surface area contributed by atoms with Gasteiger partial charge < -0.3 is 32.4 Å². The Kier molecular flexibility index (Phi) is 10.6. The third-order valence-electron chi connectivity index (χ3n) is 9.73. The van der Waals surface area contributed by atoms with Crippen molar-refractivity contribution in [3.8, 4) is 0 Å². The Balaban J connectivity index is 0.864. The number of hydrogen-bond donors (Lipinski definition) is 3. The van der Waals surface area contributed by atoms with E-state index < -0.39 is 0 Å². The second-order valence-electron chi connectivity index (χ2n) is 14.1. The predicted octanol–water partition coefficient (Wildman–Crippen LogP) is 7.26. The lowest BCUT2D eigenvalue weighted by Gasteiger charge is -2.25. The predicted molar refractivity (Wildman–Crippen MR) is 211 cm³/mol. The Bertz CT molecular complexity index is 2700. The Morgan fingerprint density at radius 3 is 2.09 bits per heavy atom. The van der Waals surface area contributed by atoms with Crippen molar-refractivity contribution in [2.75, 3.05) is 51.1 Å². The number of carbonyl (C=O) groups excluding carboxylic acids is 1. The second-order valence-corrected chi connectivity index (χ2v) is 14.1. The molecule has 0 saturated heterocycles. The molecule has 1 atom stereocenters. The van der Waals surface area contributed by atoms with Gasteiger partial charge in [-0.25, -0.2) is 4.39 Å². The summed E-state index contributed by atoms with van der Waals surface area (Å²) < 4.78 is 42.6. The van der Waals surface area contributed by atoms with Crippen molar-refractivity contribution in [2.45, 2.75) is 39.3 Å². The molecule has 0 aliphatic rings. The zero-order valence-electron chi connectivity index (χ0n) is 31.8. The van der Waals surface area contributed by atoms with Gasteiger partial charge in [-0.05, 0) is 92.0 Å². The highest BCUT2D eigenvalue weighted by Gasteiger charge is 2.18. The van der Waals surface area contributed by atoms with Crippen LogP contribution in [0.5, 0.6) is 0 Å². The average molecular weight is 777 g/mol. The van der Waals surface area contributed by atoms with Gasteiger partial charge in [-0.2, -0.15) is 19.9 Å². The third-order valence-corrected chi connectivity index (χ3v) is 9.73. The molecule has 16 heteroatoms. The number of rotatable bonds is 16. The summed E-state index contributed by atoms with van der Waals surface area (Å²) in [5, 5.41) is 14.8. The lowest BCUT2D eigenvalue weighted by atomic mass is 10.0. The maximum absolute atomic E-state index is 13.8. The van der Waals surface area contributed by atoms with Crippen molar-refractivity contribution >= 4 is 74.4 Å². The van der Waals surface area contributed by atoms with Crippen molar-refractivity contribution in [3.63, 3.8) is 0 Å². The molecule has 0 fully saturated rings. The molecule has 294 valence electrons. The van der Waals surface area contributed by atoms with Gasteiger partial charge in [-0.15, -0.1) is 0 Å². The number of halogens is 1. The van der Waals surface area contributed by atoms with Crippen LogP contribution in [0.25, 0.3) is 44.4 Å². The second kappa shape index (κ2) is 16.0. The highest BCUT2D eigenvalue weighted by molar-refractivity contribution is 5.82. The average Bonchev–Trinajstić information content (AvgIpc) is 3.97. The fourth-order valence-electron chi connectivity index (χ4n) is 6.55.